The van der Waals surface area contributed by atoms with E-state index in [2.05, 4.69) is 15.3 Å². The maximum Gasteiger partial charge on any atom is 0.327 e. The van der Waals surface area contributed by atoms with E-state index in [0.29, 0.717) is 41.1 Å². The zero-order valence-electron chi connectivity index (χ0n) is 19.6. The van der Waals surface area contributed by atoms with Gasteiger partial charge in [0.05, 0.1) is 12.1 Å². The van der Waals surface area contributed by atoms with Crippen molar-refractivity contribution in [2.75, 3.05) is 31.1 Å². The van der Waals surface area contributed by atoms with Crippen molar-refractivity contribution in [2.45, 2.75) is 25.8 Å². The van der Waals surface area contributed by atoms with Crippen molar-refractivity contribution < 1.29 is 14.3 Å². The Balaban J connectivity index is 1.32. The molecule has 0 saturated carbocycles. The number of hydrogen-bond acceptors (Lipinski definition) is 7. The smallest absolute Gasteiger partial charge is 0.327 e. The van der Waals surface area contributed by atoms with Crippen LogP contribution in [-0.4, -0.2) is 57.6 Å². The summed E-state index contributed by atoms with van der Waals surface area (Å²) in [5, 5.41) is 11.5. The summed E-state index contributed by atoms with van der Waals surface area (Å²) >= 11 is 5.89. The molecule has 0 aliphatic carbocycles. The van der Waals surface area contributed by atoms with Crippen molar-refractivity contribution >= 4 is 35.0 Å². The standard InChI is InChI=1S/C25H26ClN7O3/c26-21-12-17(4-6-28-21)15-30-25(35)33-9-5-19(14-22(33)27)32-10-11-36-20-13-18(16-29-23(20)32)24(34)31-7-2-1-3-8-31/h4-6,9,12-14,16,27H,1-3,7-8,10-11,15H2,(H,30,35). The van der Waals surface area contributed by atoms with E-state index < -0.39 is 6.03 Å². The van der Waals surface area contributed by atoms with Crippen LogP contribution in [0.25, 0.3) is 0 Å². The number of pyridine rings is 3. The molecule has 0 aromatic carbocycles. The molecule has 0 atom stereocenters. The van der Waals surface area contributed by atoms with Crippen molar-refractivity contribution in [3.05, 3.63) is 70.7 Å². The molecule has 2 aliphatic rings. The number of halogens is 1. The van der Waals surface area contributed by atoms with Crippen LogP contribution < -0.4 is 20.4 Å². The average Bonchev–Trinajstić information content (AvgIpc) is 2.91. The van der Waals surface area contributed by atoms with E-state index in [9.17, 15) is 9.59 Å². The fourth-order valence-corrected chi connectivity index (χ4v) is 4.59. The van der Waals surface area contributed by atoms with E-state index in [0.717, 1.165) is 37.9 Å². The van der Waals surface area contributed by atoms with Crippen LogP contribution >= 0.6 is 11.6 Å². The number of likely N-dealkylation sites (tertiary alicyclic amines) is 1. The monoisotopic (exact) mass is 507 g/mol. The van der Waals surface area contributed by atoms with Crippen LogP contribution in [0.3, 0.4) is 0 Å². The number of fused-ring (bicyclic) bond motifs is 1. The van der Waals surface area contributed by atoms with Crippen molar-refractivity contribution in [1.29, 1.82) is 5.41 Å². The molecule has 10 nitrogen and oxygen atoms in total. The van der Waals surface area contributed by atoms with Crippen LogP contribution in [0.5, 0.6) is 5.75 Å². The normalized spacial score (nSPS) is 15.1. The number of rotatable bonds is 4. The minimum absolute atomic E-state index is 0.0164. The molecule has 3 aromatic heterocycles. The Morgan fingerprint density at radius 2 is 1.92 bits per heavy atom. The highest BCUT2D eigenvalue weighted by Gasteiger charge is 2.25. The lowest BCUT2D eigenvalue weighted by molar-refractivity contribution is 0.0723. The van der Waals surface area contributed by atoms with Gasteiger partial charge in [-0.15, -0.1) is 0 Å². The second-order valence-corrected chi connectivity index (χ2v) is 9.07. The molecule has 186 valence electrons. The molecule has 3 aromatic rings. The Morgan fingerprint density at radius 1 is 1.08 bits per heavy atom. The van der Waals surface area contributed by atoms with Gasteiger partial charge >= 0.3 is 6.03 Å². The molecule has 0 bridgehead atoms. The van der Waals surface area contributed by atoms with Crippen molar-refractivity contribution in [2.24, 2.45) is 0 Å². The van der Waals surface area contributed by atoms with Gasteiger partial charge in [0.2, 0.25) is 0 Å². The molecular formula is C25H26ClN7O3. The molecular weight excluding hydrogens is 482 g/mol. The first kappa shape index (κ1) is 23.8. The number of hydrogen-bond donors (Lipinski definition) is 2. The Hall–Kier alpha value is -3.92. The van der Waals surface area contributed by atoms with Crippen LogP contribution in [0, 0.1) is 5.41 Å². The Morgan fingerprint density at radius 3 is 2.69 bits per heavy atom. The summed E-state index contributed by atoms with van der Waals surface area (Å²) in [5.41, 5.74) is 2.04. The average molecular weight is 508 g/mol. The molecule has 1 saturated heterocycles. The lowest BCUT2D eigenvalue weighted by Crippen LogP contribution is -2.37. The lowest BCUT2D eigenvalue weighted by atomic mass is 10.1. The Bertz CT molecular complexity index is 1350. The van der Waals surface area contributed by atoms with E-state index in [1.165, 1.54) is 4.57 Å². The summed E-state index contributed by atoms with van der Waals surface area (Å²) in [4.78, 5) is 37.8. The summed E-state index contributed by atoms with van der Waals surface area (Å²) < 4.78 is 7.05. The van der Waals surface area contributed by atoms with Crippen molar-refractivity contribution in [3.63, 3.8) is 0 Å². The Kier molecular flexibility index (Phi) is 6.86. The topological polar surface area (TPSA) is 116 Å². The van der Waals surface area contributed by atoms with Gasteiger partial charge in [0.1, 0.15) is 17.2 Å². The molecule has 1 fully saturated rings. The zero-order chi connectivity index (χ0) is 25.1. The van der Waals surface area contributed by atoms with Gasteiger partial charge in [0, 0.05) is 50.0 Å². The molecule has 2 N–H and O–H groups in total. The number of ether oxygens (including phenoxy) is 1. The minimum Gasteiger partial charge on any atom is -0.488 e. The number of aromatic nitrogens is 3. The van der Waals surface area contributed by atoms with Gasteiger partial charge in [-0.25, -0.2) is 14.8 Å². The van der Waals surface area contributed by atoms with Gasteiger partial charge in [-0.1, -0.05) is 11.6 Å². The maximum absolute atomic E-state index is 12.9. The predicted octanol–water partition coefficient (Wildman–Crippen LogP) is 3.33. The quantitative estimate of drug-likeness (QED) is 0.523. The van der Waals surface area contributed by atoms with Gasteiger partial charge < -0.3 is 19.9 Å². The van der Waals surface area contributed by atoms with E-state index in [1.54, 1.807) is 48.9 Å². The van der Waals surface area contributed by atoms with Crippen LogP contribution in [0.4, 0.5) is 16.3 Å². The van der Waals surface area contributed by atoms with Crippen LogP contribution in [0.2, 0.25) is 5.15 Å². The first-order valence-corrected chi connectivity index (χ1v) is 12.2. The molecule has 0 spiro atoms. The second kappa shape index (κ2) is 10.4. The number of carbonyl (C=O) groups is 2. The fourth-order valence-electron chi connectivity index (χ4n) is 4.40. The van der Waals surface area contributed by atoms with Crippen molar-refractivity contribution in [3.8, 4) is 5.75 Å². The largest absolute Gasteiger partial charge is 0.488 e. The molecule has 0 unspecified atom stereocenters. The maximum atomic E-state index is 12.9. The highest BCUT2D eigenvalue weighted by molar-refractivity contribution is 6.29. The lowest BCUT2D eigenvalue weighted by Gasteiger charge is -2.31. The zero-order valence-corrected chi connectivity index (χ0v) is 20.4. The summed E-state index contributed by atoms with van der Waals surface area (Å²) in [7, 11) is 0. The van der Waals surface area contributed by atoms with Crippen LogP contribution in [-0.2, 0) is 6.54 Å². The number of piperidine rings is 1. The van der Waals surface area contributed by atoms with E-state index >= 15 is 0 Å². The summed E-state index contributed by atoms with van der Waals surface area (Å²) in [6.07, 6.45) is 7.90. The first-order chi connectivity index (χ1) is 17.5. The highest BCUT2D eigenvalue weighted by atomic mass is 35.5. The predicted molar refractivity (Wildman–Crippen MR) is 134 cm³/mol. The number of anilines is 2. The molecule has 0 radical (unpaired) electrons. The third kappa shape index (κ3) is 5.03. The summed E-state index contributed by atoms with van der Waals surface area (Å²) in [5.74, 6) is 1.08. The Labute approximate surface area is 213 Å². The minimum atomic E-state index is -0.430. The van der Waals surface area contributed by atoms with Gasteiger partial charge in [0.25, 0.3) is 5.91 Å². The summed E-state index contributed by atoms with van der Waals surface area (Å²) in [6, 6.07) is 8.11. The number of nitrogens with one attached hydrogen (secondary N) is 2. The molecule has 5 rings (SSSR count). The SMILES string of the molecule is N=c1cc(N2CCOc3cc(C(=O)N4CCCCC4)cnc32)ccn1C(=O)NCc1ccnc(Cl)c1. The molecule has 5 heterocycles. The third-order valence-corrected chi connectivity index (χ3v) is 6.46. The van der Waals surface area contributed by atoms with Gasteiger partial charge in [-0.2, -0.15) is 0 Å². The van der Waals surface area contributed by atoms with Gasteiger partial charge in [-0.3, -0.25) is 14.8 Å². The number of amides is 2. The van der Waals surface area contributed by atoms with Gasteiger partial charge in [0.15, 0.2) is 11.6 Å². The molecule has 2 aliphatic heterocycles. The first-order valence-electron chi connectivity index (χ1n) is 11.9. The van der Waals surface area contributed by atoms with Gasteiger partial charge in [-0.05, 0) is 49.1 Å². The molecule has 11 heteroatoms. The third-order valence-electron chi connectivity index (χ3n) is 6.25. The van der Waals surface area contributed by atoms with Crippen molar-refractivity contribution in [1.82, 2.24) is 24.8 Å². The molecule has 2 amide bonds. The van der Waals surface area contributed by atoms with E-state index in [4.69, 9.17) is 21.7 Å². The number of nitrogens with zero attached hydrogens (tertiary/aromatic N) is 5. The fraction of sp³-hybridized carbons (Fsp3) is 0.320. The second-order valence-electron chi connectivity index (χ2n) is 8.68. The molecule has 36 heavy (non-hydrogen) atoms. The van der Waals surface area contributed by atoms with E-state index in [-0.39, 0.29) is 17.9 Å². The van der Waals surface area contributed by atoms with Crippen LogP contribution in [0.15, 0.2) is 48.9 Å². The van der Waals surface area contributed by atoms with Crippen LogP contribution in [0.1, 0.15) is 35.2 Å². The van der Waals surface area contributed by atoms with E-state index in [1.807, 2.05) is 9.80 Å². The number of carbonyl (C=O) groups excluding carboxylic acids is 2. The summed E-state index contributed by atoms with van der Waals surface area (Å²) in [6.45, 7) is 2.73. The highest BCUT2D eigenvalue weighted by Crippen LogP contribution is 2.35.